The molecule has 0 unspecified atom stereocenters. The zero-order valence-corrected chi connectivity index (χ0v) is 9.69. The maximum atomic E-state index is 5.19. The maximum absolute atomic E-state index is 5.19. The van der Waals surface area contributed by atoms with Crippen LogP contribution in [0.5, 0.6) is 0 Å². The van der Waals surface area contributed by atoms with Gasteiger partial charge in [0, 0.05) is 32.2 Å². The lowest BCUT2D eigenvalue weighted by atomic mass is 10.3. The largest absolute Gasteiger partial charge is 0.385 e. The Balaban J connectivity index is 2.48. The molecule has 3 nitrogen and oxygen atoms in total. The van der Waals surface area contributed by atoms with Gasteiger partial charge in [0.25, 0.3) is 0 Å². The lowest BCUT2D eigenvalue weighted by Crippen LogP contribution is -2.03. The number of hydrogen-bond donors (Lipinski definition) is 1. The molecular formula is C10H18N2OS. The monoisotopic (exact) mass is 214 g/mol. The molecule has 0 aliphatic rings. The highest BCUT2D eigenvalue weighted by Crippen LogP contribution is 2.05. The fraction of sp³-hybridized carbons (Fsp3) is 0.700. The van der Waals surface area contributed by atoms with Crippen LogP contribution in [0.1, 0.15) is 25.5 Å². The van der Waals surface area contributed by atoms with E-state index in [-0.39, 0.29) is 0 Å². The number of ether oxygens (including phenoxy) is 1. The lowest BCUT2D eigenvalue weighted by molar-refractivity contribution is 0.191. The Labute approximate surface area is 90.1 Å². The molecule has 0 spiro atoms. The second-order valence-corrected chi connectivity index (χ2v) is 3.68. The normalized spacial score (nSPS) is 10.7. The Hall–Kier alpha value is -0.610. The molecule has 0 saturated heterocycles. The second kappa shape index (κ2) is 5.98. The number of rotatable bonds is 6. The molecule has 0 fully saturated rings. The Morgan fingerprint density at radius 2 is 2.29 bits per heavy atom. The summed E-state index contributed by atoms with van der Waals surface area (Å²) in [6.45, 7) is 3.97. The van der Waals surface area contributed by atoms with Crippen molar-refractivity contribution in [3.8, 4) is 0 Å². The van der Waals surface area contributed by atoms with E-state index in [0.717, 1.165) is 37.2 Å². The van der Waals surface area contributed by atoms with Crippen LogP contribution < -0.4 is 0 Å². The van der Waals surface area contributed by atoms with Crippen molar-refractivity contribution in [2.75, 3.05) is 13.7 Å². The average molecular weight is 214 g/mol. The number of nitrogens with one attached hydrogen (secondary N) is 1. The molecule has 0 atom stereocenters. The van der Waals surface area contributed by atoms with Crippen molar-refractivity contribution in [2.24, 2.45) is 0 Å². The molecule has 0 radical (unpaired) electrons. The topological polar surface area (TPSA) is 29.9 Å². The SMILES string of the molecule is CCc1c[nH]c(=S)n1CCCCOC. The molecule has 0 aliphatic carbocycles. The Kier molecular flexibility index (Phi) is 4.90. The molecule has 0 aromatic carbocycles. The highest BCUT2D eigenvalue weighted by Gasteiger charge is 2.00. The molecule has 80 valence electrons. The summed E-state index contributed by atoms with van der Waals surface area (Å²) in [5.41, 5.74) is 1.28. The van der Waals surface area contributed by atoms with Gasteiger partial charge in [0.05, 0.1) is 0 Å². The summed E-state index contributed by atoms with van der Waals surface area (Å²) < 4.78 is 8.01. The first-order valence-electron chi connectivity index (χ1n) is 5.05. The second-order valence-electron chi connectivity index (χ2n) is 3.29. The predicted molar refractivity (Wildman–Crippen MR) is 60.1 cm³/mol. The van der Waals surface area contributed by atoms with Gasteiger partial charge in [-0.05, 0) is 31.5 Å². The molecule has 1 aromatic heterocycles. The standard InChI is InChI=1S/C10H18N2OS/c1-3-9-8-11-10(14)12(9)6-4-5-7-13-2/h8H,3-7H2,1-2H3,(H,11,14). The van der Waals surface area contributed by atoms with Crippen LogP contribution in [-0.4, -0.2) is 23.3 Å². The highest BCUT2D eigenvalue weighted by molar-refractivity contribution is 7.71. The van der Waals surface area contributed by atoms with Gasteiger partial charge in [-0.2, -0.15) is 0 Å². The fourth-order valence-electron chi connectivity index (χ4n) is 1.49. The number of unbranched alkanes of at least 4 members (excludes halogenated alkanes) is 1. The van der Waals surface area contributed by atoms with E-state index in [1.807, 2.05) is 6.20 Å². The Bertz CT molecular complexity index is 316. The van der Waals surface area contributed by atoms with Crippen molar-refractivity contribution in [1.82, 2.24) is 9.55 Å². The van der Waals surface area contributed by atoms with Crippen LogP contribution >= 0.6 is 12.2 Å². The zero-order chi connectivity index (χ0) is 10.4. The molecule has 0 amide bonds. The van der Waals surface area contributed by atoms with Crippen LogP contribution in [0.25, 0.3) is 0 Å². The average Bonchev–Trinajstić information content (AvgIpc) is 2.55. The molecule has 14 heavy (non-hydrogen) atoms. The molecule has 0 bridgehead atoms. The van der Waals surface area contributed by atoms with E-state index < -0.39 is 0 Å². The molecule has 1 heterocycles. The van der Waals surface area contributed by atoms with Crippen LogP contribution in [0.15, 0.2) is 6.20 Å². The van der Waals surface area contributed by atoms with Gasteiger partial charge in [0.2, 0.25) is 0 Å². The minimum atomic E-state index is 0.833. The smallest absolute Gasteiger partial charge is 0.177 e. The van der Waals surface area contributed by atoms with Crippen LogP contribution in [0.2, 0.25) is 0 Å². The summed E-state index contributed by atoms with van der Waals surface area (Å²) in [7, 11) is 1.74. The minimum absolute atomic E-state index is 0.833. The number of aryl methyl sites for hydroxylation is 1. The van der Waals surface area contributed by atoms with Crippen LogP contribution in [-0.2, 0) is 17.7 Å². The van der Waals surface area contributed by atoms with Gasteiger partial charge in [-0.3, -0.25) is 0 Å². The molecule has 1 aromatic rings. The van der Waals surface area contributed by atoms with Gasteiger partial charge in [-0.25, -0.2) is 0 Å². The lowest BCUT2D eigenvalue weighted by Gasteiger charge is -2.06. The predicted octanol–water partition coefficient (Wildman–Crippen LogP) is 2.53. The molecule has 4 heteroatoms. The van der Waals surface area contributed by atoms with Crippen LogP contribution in [0.4, 0.5) is 0 Å². The number of H-pyrrole nitrogens is 1. The first-order chi connectivity index (χ1) is 6.79. The highest BCUT2D eigenvalue weighted by atomic mass is 32.1. The molecular weight excluding hydrogens is 196 g/mol. The van der Waals surface area contributed by atoms with Crippen molar-refractivity contribution >= 4 is 12.2 Å². The van der Waals surface area contributed by atoms with E-state index in [2.05, 4.69) is 16.5 Å². The first-order valence-corrected chi connectivity index (χ1v) is 5.46. The molecule has 1 N–H and O–H groups in total. The van der Waals surface area contributed by atoms with E-state index in [1.54, 1.807) is 7.11 Å². The number of nitrogens with zero attached hydrogens (tertiary/aromatic N) is 1. The van der Waals surface area contributed by atoms with Gasteiger partial charge in [-0.15, -0.1) is 0 Å². The summed E-state index contributed by atoms with van der Waals surface area (Å²) in [5, 5.41) is 0. The molecule has 1 rings (SSSR count). The maximum Gasteiger partial charge on any atom is 0.177 e. The summed E-state index contributed by atoms with van der Waals surface area (Å²) in [4.78, 5) is 3.08. The van der Waals surface area contributed by atoms with Crippen LogP contribution in [0, 0.1) is 4.77 Å². The van der Waals surface area contributed by atoms with Crippen molar-refractivity contribution in [3.05, 3.63) is 16.7 Å². The number of aromatic nitrogens is 2. The number of aromatic amines is 1. The Morgan fingerprint density at radius 1 is 1.50 bits per heavy atom. The molecule has 0 saturated carbocycles. The van der Waals surface area contributed by atoms with Crippen molar-refractivity contribution in [1.29, 1.82) is 0 Å². The molecule has 0 aliphatic heterocycles. The number of imidazole rings is 1. The first kappa shape index (κ1) is 11.5. The van der Waals surface area contributed by atoms with Gasteiger partial charge in [-0.1, -0.05) is 6.92 Å². The quantitative estimate of drug-likeness (QED) is 0.582. The Morgan fingerprint density at radius 3 is 2.93 bits per heavy atom. The van der Waals surface area contributed by atoms with Crippen LogP contribution in [0.3, 0.4) is 0 Å². The number of methoxy groups -OCH3 is 1. The third kappa shape index (κ3) is 2.96. The third-order valence-corrected chi connectivity index (χ3v) is 2.63. The summed E-state index contributed by atoms with van der Waals surface area (Å²) in [6, 6.07) is 0. The number of hydrogen-bond acceptors (Lipinski definition) is 2. The van der Waals surface area contributed by atoms with Gasteiger partial charge in [0.1, 0.15) is 0 Å². The van der Waals surface area contributed by atoms with E-state index in [9.17, 15) is 0 Å². The van der Waals surface area contributed by atoms with Crippen molar-refractivity contribution < 1.29 is 4.74 Å². The summed E-state index contributed by atoms with van der Waals surface area (Å²) >= 11 is 5.19. The van der Waals surface area contributed by atoms with Gasteiger partial charge < -0.3 is 14.3 Å². The van der Waals surface area contributed by atoms with E-state index in [4.69, 9.17) is 17.0 Å². The fourth-order valence-corrected chi connectivity index (χ4v) is 1.75. The van der Waals surface area contributed by atoms with Gasteiger partial charge >= 0.3 is 0 Å². The minimum Gasteiger partial charge on any atom is -0.385 e. The van der Waals surface area contributed by atoms with Crippen molar-refractivity contribution in [3.63, 3.8) is 0 Å². The third-order valence-electron chi connectivity index (χ3n) is 2.30. The zero-order valence-electron chi connectivity index (χ0n) is 8.88. The van der Waals surface area contributed by atoms with E-state index >= 15 is 0 Å². The van der Waals surface area contributed by atoms with Crippen molar-refractivity contribution in [2.45, 2.75) is 32.7 Å². The van der Waals surface area contributed by atoms with Gasteiger partial charge in [0.15, 0.2) is 4.77 Å². The summed E-state index contributed by atoms with van der Waals surface area (Å²) in [6.07, 6.45) is 5.23. The van der Waals surface area contributed by atoms with E-state index in [1.165, 1.54) is 5.69 Å². The summed E-state index contributed by atoms with van der Waals surface area (Å²) in [5.74, 6) is 0. The van der Waals surface area contributed by atoms with E-state index in [0.29, 0.717) is 0 Å².